The van der Waals surface area contributed by atoms with Crippen molar-refractivity contribution in [1.29, 1.82) is 0 Å². The van der Waals surface area contributed by atoms with Crippen LogP contribution in [0.5, 0.6) is 28.7 Å². The first-order valence-corrected chi connectivity index (χ1v) is 10.3. The summed E-state index contributed by atoms with van der Waals surface area (Å²) >= 11 is 0. The number of phenols is 3. The van der Waals surface area contributed by atoms with Crippen LogP contribution in [0.1, 0.15) is 16.7 Å². The van der Waals surface area contributed by atoms with Crippen LogP contribution in [-0.2, 0) is 0 Å². The minimum Gasteiger partial charge on any atom is -0.508 e. The molecule has 0 aromatic heterocycles. The summed E-state index contributed by atoms with van der Waals surface area (Å²) in [5, 5.41) is 31.0. The summed E-state index contributed by atoms with van der Waals surface area (Å²) in [4.78, 5) is 1.81. The van der Waals surface area contributed by atoms with Crippen molar-refractivity contribution >= 4 is 17.1 Å². The Morgan fingerprint density at radius 1 is 0.656 bits per heavy atom. The Kier molecular flexibility index (Phi) is 5.65. The van der Waals surface area contributed by atoms with Gasteiger partial charge in [0.05, 0.1) is 17.1 Å². The molecule has 0 bridgehead atoms. The molecule has 0 aliphatic rings. The average molecular weight is 428 g/mol. The summed E-state index contributed by atoms with van der Waals surface area (Å²) in [6.45, 7) is 5.76. The lowest BCUT2D eigenvalue weighted by molar-refractivity contribution is 0.461. The predicted octanol–water partition coefficient (Wildman–Crippen LogP) is 6.99. The molecule has 0 heterocycles. The van der Waals surface area contributed by atoms with Crippen LogP contribution in [0.25, 0.3) is 0 Å². The topological polar surface area (TPSA) is 73.2 Å². The standard InChI is InChI=1S/C27H25NO4/c1-17-7-10-25(30)23(13-17)28(24-14-18(2)8-11-26(24)31)20-5-4-6-22(16-20)32-27-12-9-21(29)15-19(27)3/h4-16,29-31H,1-3H3. The molecule has 0 spiro atoms. The second-order valence-electron chi connectivity index (χ2n) is 7.87. The van der Waals surface area contributed by atoms with Crippen LogP contribution in [0.15, 0.2) is 78.9 Å². The number of phenolic OH excluding ortho intramolecular Hbond substituents is 3. The third kappa shape index (κ3) is 4.32. The Balaban J connectivity index is 1.84. The van der Waals surface area contributed by atoms with Crippen molar-refractivity contribution in [2.75, 3.05) is 4.90 Å². The van der Waals surface area contributed by atoms with E-state index in [9.17, 15) is 15.3 Å². The molecule has 0 atom stereocenters. The van der Waals surface area contributed by atoms with Gasteiger partial charge < -0.3 is 25.0 Å². The third-order valence-electron chi connectivity index (χ3n) is 5.21. The molecule has 0 aliphatic carbocycles. The summed E-state index contributed by atoms with van der Waals surface area (Å²) in [5.41, 5.74) is 4.55. The third-order valence-corrected chi connectivity index (χ3v) is 5.21. The second-order valence-corrected chi connectivity index (χ2v) is 7.87. The molecule has 3 N–H and O–H groups in total. The molecule has 0 saturated heterocycles. The van der Waals surface area contributed by atoms with Gasteiger partial charge in [-0.1, -0.05) is 18.2 Å². The highest BCUT2D eigenvalue weighted by molar-refractivity contribution is 5.83. The molecule has 0 saturated carbocycles. The number of aromatic hydroxyl groups is 3. The van der Waals surface area contributed by atoms with Crippen LogP contribution in [0.2, 0.25) is 0 Å². The predicted molar refractivity (Wildman–Crippen MR) is 127 cm³/mol. The first-order chi connectivity index (χ1) is 15.3. The Morgan fingerprint density at radius 2 is 1.28 bits per heavy atom. The first kappa shape index (κ1) is 21.1. The van der Waals surface area contributed by atoms with Crippen LogP contribution in [0, 0.1) is 20.8 Å². The van der Waals surface area contributed by atoms with Gasteiger partial charge in [-0.3, -0.25) is 0 Å². The maximum atomic E-state index is 10.7. The van der Waals surface area contributed by atoms with Crippen LogP contribution in [0.3, 0.4) is 0 Å². The van der Waals surface area contributed by atoms with Gasteiger partial charge in [0, 0.05) is 6.07 Å². The lowest BCUT2D eigenvalue weighted by Crippen LogP contribution is -2.11. The van der Waals surface area contributed by atoms with E-state index in [0.717, 1.165) is 16.7 Å². The van der Waals surface area contributed by atoms with Crippen LogP contribution >= 0.6 is 0 Å². The summed E-state index contributed by atoms with van der Waals surface area (Å²) < 4.78 is 6.07. The fraction of sp³-hybridized carbons (Fsp3) is 0.111. The van der Waals surface area contributed by atoms with E-state index in [2.05, 4.69) is 0 Å². The zero-order valence-electron chi connectivity index (χ0n) is 18.2. The van der Waals surface area contributed by atoms with Crippen molar-refractivity contribution in [1.82, 2.24) is 0 Å². The van der Waals surface area contributed by atoms with E-state index in [1.54, 1.807) is 35.2 Å². The molecular formula is C27H25NO4. The molecular weight excluding hydrogens is 402 g/mol. The monoisotopic (exact) mass is 427 g/mol. The molecule has 0 unspecified atom stereocenters. The molecule has 5 heteroatoms. The molecule has 4 aromatic rings. The number of aryl methyl sites for hydroxylation is 3. The molecule has 32 heavy (non-hydrogen) atoms. The summed E-state index contributed by atoms with van der Waals surface area (Å²) in [6, 6.07) is 23.0. The number of hydrogen-bond acceptors (Lipinski definition) is 5. The molecule has 4 rings (SSSR count). The van der Waals surface area contributed by atoms with Crippen molar-refractivity contribution in [3.63, 3.8) is 0 Å². The molecule has 4 aromatic carbocycles. The molecule has 0 radical (unpaired) electrons. The highest BCUT2D eigenvalue weighted by Crippen LogP contribution is 2.45. The van der Waals surface area contributed by atoms with E-state index in [1.807, 2.05) is 69.3 Å². The van der Waals surface area contributed by atoms with Gasteiger partial charge in [-0.05, 0) is 92.1 Å². The zero-order valence-corrected chi connectivity index (χ0v) is 18.2. The van der Waals surface area contributed by atoms with Gasteiger partial charge in [0.15, 0.2) is 0 Å². The Labute approximate surface area is 187 Å². The van der Waals surface area contributed by atoms with E-state index >= 15 is 0 Å². The molecule has 0 fully saturated rings. The molecule has 5 nitrogen and oxygen atoms in total. The van der Waals surface area contributed by atoms with Crippen molar-refractivity contribution in [2.24, 2.45) is 0 Å². The van der Waals surface area contributed by atoms with Crippen molar-refractivity contribution in [3.8, 4) is 28.7 Å². The van der Waals surface area contributed by atoms with Crippen LogP contribution in [0.4, 0.5) is 17.1 Å². The Morgan fingerprint density at radius 3 is 1.88 bits per heavy atom. The minimum absolute atomic E-state index is 0.0946. The van der Waals surface area contributed by atoms with Gasteiger partial charge in [0.25, 0.3) is 0 Å². The second kappa shape index (κ2) is 8.55. The largest absolute Gasteiger partial charge is 0.508 e. The van der Waals surface area contributed by atoms with Crippen LogP contribution < -0.4 is 9.64 Å². The smallest absolute Gasteiger partial charge is 0.139 e. The average Bonchev–Trinajstić information content (AvgIpc) is 2.75. The van der Waals surface area contributed by atoms with Gasteiger partial charge in [0.1, 0.15) is 28.7 Å². The number of rotatable bonds is 5. The molecule has 0 amide bonds. The summed E-state index contributed by atoms with van der Waals surface area (Å²) in [7, 11) is 0. The van der Waals surface area contributed by atoms with Crippen molar-refractivity contribution < 1.29 is 20.1 Å². The van der Waals surface area contributed by atoms with E-state index in [4.69, 9.17) is 4.74 Å². The summed E-state index contributed by atoms with van der Waals surface area (Å²) in [6.07, 6.45) is 0. The number of nitrogens with zero attached hydrogens (tertiary/aromatic N) is 1. The zero-order chi connectivity index (χ0) is 22.8. The van der Waals surface area contributed by atoms with E-state index < -0.39 is 0 Å². The lowest BCUT2D eigenvalue weighted by Gasteiger charge is -2.27. The number of hydrogen-bond donors (Lipinski definition) is 3. The van der Waals surface area contributed by atoms with E-state index in [0.29, 0.717) is 28.6 Å². The van der Waals surface area contributed by atoms with Gasteiger partial charge in [-0.2, -0.15) is 0 Å². The van der Waals surface area contributed by atoms with Gasteiger partial charge in [0.2, 0.25) is 0 Å². The van der Waals surface area contributed by atoms with Gasteiger partial charge >= 0.3 is 0 Å². The van der Waals surface area contributed by atoms with Crippen molar-refractivity contribution in [3.05, 3.63) is 95.6 Å². The quantitative estimate of drug-likeness (QED) is 0.320. The van der Waals surface area contributed by atoms with Gasteiger partial charge in [-0.15, -0.1) is 0 Å². The fourth-order valence-electron chi connectivity index (χ4n) is 3.59. The molecule has 0 aliphatic heterocycles. The van der Waals surface area contributed by atoms with E-state index in [-0.39, 0.29) is 17.2 Å². The maximum absolute atomic E-state index is 10.7. The number of ether oxygens (including phenoxy) is 1. The fourth-order valence-corrected chi connectivity index (χ4v) is 3.59. The highest BCUT2D eigenvalue weighted by Gasteiger charge is 2.20. The first-order valence-electron chi connectivity index (χ1n) is 10.3. The Hall–Kier alpha value is -4.12. The summed E-state index contributed by atoms with van der Waals surface area (Å²) in [5.74, 6) is 1.58. The van der Waals surface area contributed by atoms with Gasteiger partial charge in [-0.25, -0.2) is 0 Å². The maximum Gasteiger partial charge on any atom is 0.139 e. The number of anilines is 3. The highest BCUT2D eigenvalue weighted by atomic mass is 16.5. The normalized spacial score (nSPS) is 10.7. The van der Waals surface area contributed by atoms with Crippen LogP contribution in [-0.4, -0.2) is 15.3 Å². The molecule has 162 valence electrons. The van der Waals surface area contributed by atoms with E-state index in [1.165, 1.54) is 0 Å². The lowest BCUT2D eigenvalue weighted by atomic mass is 10.1. The SMILES string of the molecule is Cc1ccc(O)c(N(c2cccc(Oc3ccc(O)cc3C)c2)c2cc(C)ccc2O)c1. The Bertz CT molecular complexity index is 1230. The minimum atomic E-state index is 0.0946. The van der Waals surface area contributed by atoms with Crippen molar-refractivity contribution in [2.45, 2.75) is 20.8 Å². The number of benzene rings is 4.